The van der Waals surface area contributed by atoms with Gasteiger partial charge in [0.15, 0.2) is 0 Å². The molecule has 2 aromatic carbocycles. The van der Waals surface area contributed by atoms with Crippen molar-refractivity contribution in [3.8, 4) is 23.1 Å². The summed E-state index contributed by atoms with van der Waals surface area (Å²) in [5, 5.41) is 6.20. The lowest BCUT2D eigenvalue weighted by molar-refractivity contribution is -0.126. The van der Waals surface area contributed by atoms with Gasteiger partial charge in [0.05, 0.1) is 6.04 Å². The number of allylic oxidation sites excluding steroid dienone is 2. The van der Waals surface area contributed by atoms with Crippen molar-refractivity contribution in [3.05, 3.63) is 102 Å². The van der Waals surface area contributed by atoms with E-state index in [2.05, 4.69) is 27.5 Å². The van der Waals surface area contributed by atoms with Crippen LogP contribution in [0.3, 0.4) is 0 Å². The van der Waals surface area contributed by atoms with E-state index in [9.17, 15) is 9.59 Å². The van der Waals surface area contributed by atoms with Gasteiger partial charge < -0.3 is 21.3 Å². The number of benzene rings is 2. The molecule has 9 nitrogen and oxygen atoms in total. The van der Waals surface area contributed by atoms with Crippen molar-refractivity contribution >= 4 is 28.7 Å². The Kier molecular flexibility index (Phi) is 6.96. The first-order chi connectivity index (χ1) is 20.0. The number of nitrogens with zero attached hydrogens (tertiary/aromatic N) is 4. The average molecular weight is 544 g/mol. The molecule has 2 atom stereocenters. The summed E-state index contributed by atoms with van der Waals surface area (Å²) in [7, 11) is 0. The van der Waals surface area contributed by atoms with Gasteiger partial charge in [0.25, 0.3) is 11.8 Å². The third-order valence-electron chi connectivity index (χ3n) is 7.35. The van der Waals surface area contributed by atoms with Gasteiger partial charge in [-0.1, -0.05) is 48.4 Å². The van der Waals surface area contributed by atoms with E-state index in [0.717, 1.165) is 29.5 Å². The Labute approximate surface area is 237 Å². The van der Waals surface area contributed by atoms with Gasteiger partial charge in [-0.05, 0) is 67.3 Å². The lowest BCUT2D eigenvalue weighted by atomic mass is 10.0. The number of carbonyl (C=O) groups excluding carboxylic acids is 2. The molecule has 4 N–H and O–H groups in total. The van der Waals surface area contributed by atoms with Crippen LogP contribution in [0.1, 0.15) is 47.6 Å². The lowest BCUT2D eigenvalue weighted by Gasteiger charge is -2.21. The first-order valence-electron chi connectivity index (χ1n) is 13.5. The summed E-state index contributed by atoms with van der Waals surface area (Å²) in [6.45, 7) is 2.28. The van der Waals surface area contributed by atoms with Crippen LogP contribution < -0.4 is 16.4 Å². The number of hydrogen-bond acceptors (Lipinski definition) is 6. The number of hydrogen-bond donors (Lipinski definition) is 3. The molecular weight excluding hydrogens is 514 g/mol. The fourth-order valence-corrected chi connectivity index (χ4v) is 5.42. The summed E-state index contributed by atoms with van der Waals surface area (Å²) in [6.07, 6.45) is 10.5. The van der Waals surface area contributed by atoms with Gasteiger partial charge in [-0.15, -0.1) is 0 Å². The largest absolute Gasteiger partial charge is 0.382 e. The maximum absolute atomic E-state index is 13.1. The van der Waals surface area contributed by atoms with Crippen molar-refractivity contribution in [3.63, 3.8) is 0 Å². The van der Waals surface area contributed by atoms with Crippen molar-refractivity contribution in [2.24, 2.45) is 0 Å². The van der Waals surface area contributed by atoms with Gasteiger partial charge in [-0.25, -0.2) is 9.97 Å². The minimum absolute atomic E-state index is 0.207. The van der Waals surface area contributed by atoms with Crippen LogP contribution in [-0.2, 0) is 4.79 Å². The van der Waals surface area contributed by atoms with Gasteiger partial charge >= 0.3 is 0 Å². The molecule has 2 amide bonds. The molecule has 0 aliphatic carbocycles. The number of nitrogens with one attached hydrogen (secondary N) is 2. The Balaban J connectivity index is 1.26. The Bertz CT molecular complexity index is 1740. The van der Waals surface area contributed by atoms with E-state index >= 15 is 0 Å². The predicted molar refractivity (Wildman–Crippen MR) is 158 cm³/mol. The van der Waals surface area contributed by atoms with Gasteiger partial charge in [0, 0.05) is 30.1 Å². The fourth-order valence-electron chi connectivity index (χ4n) is 5.42. The van der Waals surface area contributed by atoms with Crippen LogP contribution >= 0.6 is 0 Å². The molecule has 2 aromatic heterocycles. The average Bonchev–Trinajstić information content (AvgIpc) is 3.64. The molecule has 4 heterocycles. The molecular formula is C32H29N7O2. The molecule has 9 heteroatoms. The molecule has 2 aliphatic heterocycles. The number of aromatic nitrogens is 3. The van der Waals surface area contributed by atoms with E-state index in [1.54, 1.807) is 30.2 Å². The number of carbonyl (C=O) groups is 2. The SMILES string of the molecule is CC#CC(=O)N1CCCC1c1nc(-c2ccc(C(=O)NC3C=C(c4ccccc4)C=CN3)cc2)c2c(N)nccn12. The number of nitrogen functional groups attached to an aromatic ring is 1. The van der Waals surface area contributed by atoms with Crippen molar-refractivity contribution in [1.29, 1.82) is 0 Å². The third kappa shape index (κ3) is 5.03. The topological polar surface area (TPSA) is 118 Å². The maximum Gasteiger partial charge on any atom is 0.299 e. The van der Waals surface area contributed by atoms with Crippen LogP contribution in [0.5, 0.6) is 0 Å². The highest BCUT2D eigenvalue weighted by Crippen LogP contribution is 2.36. The zero-order valence-electron chi connectivity index (χ0n) is 22.5. The van der Waals surface area contributed by atoms with E-state index in [4.69, 9.17) is 10.7 Å². The molecule has 6 rings (SSSR count). The van der Waals surface area contributed by atoms with Crippen molar-refractivity contribution in [2.45, 2.75) is 32.0 Å². The normalized spacial score (nSPS) is 17.9. The molecule has 0 bridgehead atoms. The molecule has 4 aromatic rings. The molecule has 41 heavy (non-hydrogen) atoms. The van der Waals surface area contributed by atoms with Gasteiger partial charge in [0.1, 0.15) is 29.0 Å². The smallest absolute Gasteiger partial charge is 0.299 e. The molecule has 0 radical (unpaired) electrons. The lowest BCUT2D eigenvalue weighted by Crippen LogP contribution is -2.42. The second-order valence-electron chi connectivity index (χ2n) is 9.90. The van der Waals surface area contributed by atoms with Gasteiger partial charge in [0.2, 0.25) is 0 Å². The Morgan fingerprint density at radius 3 is 2.68 bits per heavy atom. The summed E-state index contributed by atoms with van der Waals surface area (Å²) < 4.78 is 1.91. The molecule has 1 saturated heterocycles. The van der Waals surface area contributed by atoms with Crippen molar-refractivity contribution in [1.82, 2.24) is 29.9 Å². The number of nitrogens with two attached hydrogens (primary N) is 1. The summed E-state index contributed by atoms with van der Waals surface area (Å²) in [5.41, 5.74) is 11.1. The molecule has 2 unspecified atom stereocenters. The molecule has 204 valence electrons. The van der Waals surface area contributed by atoms with E-state index in [0.29, 0.717) is 35.0 Å². The third-order valence-corrected chi connectivity index (χ3v) is 7.35. The standard InChI is InChI=1S/C32H29N7O2/c1-2-7-27(40)38-18-6-10-25(38)31-37-28(29-30(33)35-17-19-39(29)31)22-11-13-23(14-12-22)32(41)36-26-20-24(15-16-34-26)21-8-4-3-5-9-21/h3-5,8-9,11-17,19-20,25-26,34H,6,10,18H2,1H3,(H2,33,35)(H,36,41). The van der Waals surface area contributed by atoms with E-state index in [1.165, 1.54) is 0 Å². The first-order valence-corrected chi connectivity index (χ1v) is 13.5. The zero-order valence-corrected chi connectivity index (χ0v) is 22.5. The fraction of sp³-hybridized carbons (Fsp3) is 0.188. The first kappa shape index (κ1) is 25.9. The highest BCUT2D eigenvalue weighted by atomic mass is 16.2. The van der Waals surface area contributed by atoms with E-state index < -0.39 is 0 Å². The van der Waals surface area contributed by atoms with E-state index in [-0.39, 0.29) is 24.0 Å². The molecule has 2 aliphatic rings. The van der Waals surface area contributed by atoms with Crippen molar-refractivity contribution < 1.29 is 9.59 Å². The summed E-state index contributed by atoms with van der Waals surface area (Å²) in [4.78, 5) is 36.8. The van der Waals surface area contributed by atoms with Gasteiger partial charge in [-0.3, -0.25) is 14.0 Å². The summed E-state index contributed by atoms with van der Waals surface area (Å²) in [6, 6.07) is 17.0. The van der Waals surface area contributed by atoms with Gasteiger partial charge in [-0.2, -0.15) is 0 Å². The number of anilines is 1. The van der Waals surface area contributed by atoms with E-state index in [1.807, 2.05) is 71.4 Å². The summed E-state index contributed by atoms with van der Waals surface area (Å²) in [5.74, 6) is 5.99. The molecule has 0 saturated carbocycles. The monoisotopic (exact) mass is 543 g/mol. The van der Waals surface area contributed by atoms with Crippen LogP contribution in [0.2, 0.25) is 0 Å². The second kappa shape index (κ2) is 11.0. The highest BCUT2D eigenvalue weighted by Gasteiger charge is 2.33. The Morgan fingerprint density at radius 1 is 1.10 bits per heavy atom. The number of dihydropyridines is 1. The Hall–Kier alpha value is -5.36. The molecule has 0 spiro atoms. The quantitative estimate of drug-likeness (QED) is 0.329. The second-order valence-corrected chi connectivity index (χ2v) is 9.90. The number of imidazole rings is 1. The predicted octanol–water partition coefficient (Wildman–Crippen LogP) is 3.92. The number of rotatable bonds is 5. The van der Waals surface area contributed by atoms with Crippen LogP contribution in [0.4, 0.5) is 5.82 Å². The summed E-state index contributed by atoms with van der Waals surface area (Å²) >= 11 is 0. The van der Waals surface area contributed by atoms with Crippen LogP contribution in [-0.4, -0.2) is 43.8 Å². The van der Waals surface area contributed by atoms with Crippen LogP contribution in [0.15, 0.2) is 85.3 Å². The maximum atomic E-state index is 13.1. The minimum atomic E-state index is -0.345. The number of fused-ring (bicyclic) bond motifs is 1. The number of amides is 2. The highest BCUT2D eigenvalue weighted by molar-refractivity contribution is 5.96. The Morgan fingerprint density at radius 2 is 1.90 bits per heavy atom. The van der Waals surface area contributed by atoms with Crippen LogP contribution in [0.25, 0.3) is 22.3 Å². The minimum Gasteiger partial charge on any atom is -0.382 e. The molecule has 1 fully saturated rings. The van der Waals surface area contributed by atoms with Crippen molar-refractivity contribution in [2.75, 3.05) is 12.3 Å². The number of likely N-dealkylation sites (tertiary alicyclic amines) is 1. The zero-order chi connectivity index (χ0) is 28.3. The van der Waals surface area contributed by atoms with Crippen LogP contribution in [0, 0.1) is 11.8 Å².